The van der Waals surface area contributed by atoms with Crippen LogP contribution in [0.25, 0.3) is 0 Å². The Morgan fingerprint density at radius 3 is 2.32 bits per heavy atom. The molecule has 0 spiro atoms. The zero-order valence-electron chi connectivity index (χ0n) is 14.4. The minimum absolute atomic E-state index is 0.279. The van der Waals surface area contributed by atoms with Crippen molar-refractivity contribution in [1.29, 1.82) is 0 Å². The van der Waals surface area contributed by atoms with Crippen LogP contribution >= 0.6 is 11.6 Å². The van der Waals surface area contributed by atoms with Crippen molar-refractivity contribution in [2.45, 2.75) is 25.0 Å². The molecule has 1 aliphatic heterocycles. The molecule has 1 aliphatic rings. The molecule has 3 nitrogen and oxygen atoms in total. The van der Waals surface area contributed by atoms with Crippen LogP contribution < -0.4 is 4.90 Å². The number of anilines is 1. The SMILES string of the molecule is CN(CC(O)c1ccc(F)cc1)C1CCN(c2ccc(Cl)cc2)CC1. The number of nitrogens with zero attached hydrogens (tertiary/aromatic N) is 2. The van der Waals surface area contributed by atoms with Gasteiger partial charge in [-0.05, 0) is 61.9 Å². The summed E-state index contributed by atoms with van der Waals surface area (Å²) >= 11 is 5.95. The van der Waals surface area contributed by atoms with Gasteiger partial charge in [-0.25, -0.2) is 4.39 Å². The molecule has 1 N–H and O–H groups in total. The van der Waals surface area contributed by atoms with E-state index in [9.17, 15) is 9.50 Å². The van der Waals surface area contributed by atoms with E-state index in [1.165, 1.54) is 17.8 Å². The summed E-state index contributed by atoms with van der Waals surface area (Å²) in [6.07, 6.45) is 1.50. The second kappa shape index (κ2) is 8.17. The van der Waals surface area contributed by atoms with Crippen molar-refractivity contribution in [3.63, 3.8) is 0 Å². The lowest BCUT2D eigenvalue weighted by Gasteiger charge is -2.38. The van der Waals surface area contributed by atoms with Crippen LogP contribution in [0.5, 0.6) is 0 Å². The van der Waals surface area contributed by atoms with Gasteiger partial charge in [-0.1, -0.05) is 23.7 Å². The molecular weight excluding hydrogens is 339 g/mol. The van der Waals surface area contributed by atoms with Crippen LogP contribution in [0.1, 0.15) is 24.5 Å². The van der Waals surface area contributed by atoms with Crippen LogP contribution in [0, 0.1) is 5.82 Å². The van der Waals surface area contributed by atoms with E-state index < -0.39 is 6.10 Å². The van der Waals surface area contributed by atoms with E-state index in [2.05, 4.69) is 29.0 Å². The Morgan fingerprint density at radius 2 is 1.72 bits per heavy atom. The fourth-order valence-electron chi connectivity index (χ4n) is 3.43. The summed E-state index contributed by atoms with van der Waals surface area (Å²) in [5, 5.41) is 11.1. The summed E-state index contributed by atoms with van der Waals surface area (Å²) in [7, 11) is 2.05. The lowest BCUT2D eigenvalue weighted by molar-refractivity contribution is 0.0959. The highest BCUT2D eigenvalue weighted by atomic mass is 35.5. The van der Waals surface area contributed by atoms with Gasteiger partial charge in [-0.3, -0.25) is 0 Å². The van der Waals surface area contributed by atoms with Crippen LogP contribution in [0.15, 0.2) is 48.5 Å². The predicted octanol–water partition coefficient (Wildman–Crippen LogP) is 4.11. The Hall–Kier alpha value is -1.62. The standard InChI is InChI=1S/C20H24ClFN2O/c1-23(14-20(25)15-2-6-17(22)7-3-15)18-10-12-24(13-11-18)19-8-4-16(21)5-9-19/h2-9,18,20,25H,10-14H2,1H3. The maximum absolute atomic E-state index is 13.0. The lowest BCUT2D eigenvalue weighted by atomic mass is 10.0. The fraction of sp³-hybridized carbons (Fsp3) is 0.400. The van der Waals surface area contributed by atoms with Crippen molar-refractivity contribution in [1.82, 2.24) is 4.90 Å². The van der Waals surface area contributed by atoms with Crippen molar-refractivity contribution >= 4 is 17.3 Å². The average molecular weight is 363 g/mol. The van der Waals surface area contributed by atoms with Crippen molar-refractivity contribution in [2.24, 2.45) is 0 Å². The first kappa shape index (κ1) is 18.2. The third-order valence-electron chi connectivity index (χ3n) is 5.00. The summed E-state index contributed by atoms with van der Waals surface area (Å²) in [5.41, 5.74) is 1.96. The number of benzene rings is 2. The summed E-state index contributed by atoms with van der Waals surface area (Å²) < 4.78 is 13.0. The minimum Gasteiger partial charge on any atom is -0.387 e. The molecule has 0 aliphatic carbocycles. The van der Waals surface area contributed by atoms with E-state index in [0.717, 1.165) is 36.5 Å². The number of halogens is 2. The first-order valence-electron chi connectivity index (χ1n) is 8.67. The molecule has 2 aromatic rings. The Morgan fingerprint density at radius 1 is 1.12 bits per heavy atom. The Labute approximate surface area is 153 Å². The number of hydrogen-bond donors (Lipinski definition) is 1. The maximum atomic E-state index is 13.0. The Kier molecular flexibility index (Phi) is 5.94. The molecule has 3 rings (SSSR count). The summed E-state index contributed by atoms with van der Waals surface area (Å²) in [6.45, 7) is 2.53. The monoisotopic (exact) mass is 362 g/mol. The molecule has 0 radical (unpaired) electrons. The van der Waals surface area contributed by atoms with Gasteiger partial charge in [0.1, 0.15) is 5.82 Å². The van der Waals surface area contributed by atoms with E-state index in [0.29, 0.717) is 12.6 Å². The van der Waals surface area contributed by atoms with Gasteiger partial charge in [-0.2, -0.15) is 0 Å². The van der Waals surface area contributed by atoms with Crippen molar-refractivity contribution in [3.05, 3.63) is 64.9 Å². The van der Waals surface area contributed by atoms with Crippen LogP contribution in [0.4, 0.5) is 10.1 Å². The second-order valence-electron chi connectivity index (χ2n) is 6.70. The molecule has 0 bridgehead atoms. The topological polar surface area (TPSA) is 26.7 Å². The quantitative estimate of drug-likeness (QED) is 0.867. The smallest absolute Gasteiger partial charge is 0.123 e. The summed E-state index contributed by atoms with van der Waals surface area (Å²) in [5.74, 6) is -0.279. The van der Waals surface area contributed by atoms with Gasteiger partial charge in [0.05, 0.1) is 6.10 Å². The van der Waals surface area contributed by atoms with E-state index in [1.807, 2.05) is 12.1 Å². The minimum atomic E-state index is -0.597. The summed E-state index contributed by atoms with van der Waals surface area (Å²) in [6, 6.07) is 14.5. The molecule has 0 saturated carbocycles. The zero-order valence-corrected chi connectivity index (χ0v) is 15.2. The normalized spacial score (nSPS) is 17.1. The van der Waals surface area contributed by atoms with Crippen molar-refractivity contribution in [2.75, 3.05) is 31.6 Å². The van der Waals surface area contributed by atoms with E-state index in [1.54, 1.807) is 12.1 Å². The van der Waals surface area contributed by atoms with Crippen molar-refractivity contribution < 1.29 is 9.50 Å². The van der Waals surface area contributed by atoms with Crippen LogP contribution in [0.3, 0.4) is 0 Å². The highest BCUT2D eigenvalue weighted by Crippen LogP contribution is 2.25. The van der Waals surface area contributed by atoms with E-state index in [4.69, 9.17) is 11.6 Å². The molecule has 1 heterocycles. The van der Waals surface area contributed by atoms with Crippen molar-refractivity contribution in [3.8, 4) is 0 Å². The van der Waals surface area contributed by atoms with Gasteiger partial charge < -0.3 is 14.9 Å². The zero-order chi connectivity index (χ0) is 17.8. The predicted molar refractivity (Wildman–Crippen MR) is 101 cm³/mol. The fourth-order valence-corrected chi connectivity index (χ4v) is 3.55. The van der Waals surface area contributed by atoms with Gasteiger partial charge in [0.25, 0.3) is 0 Å². The van der Waals surface area contributed by atoms with Crippen LogP contribution in [-0.4, -0.2) is 42.7 Å². The highest BCUT2D eigenvalue weighted by Gasteiger charge is 2.24. The summed E-state index contributed by atoms with van der Waals surface area (Å²) in [4.78, 5) is 4.59. The number of aliphatic hydroxyl groups excluding tert-OH is 1. The molecule has 1 unspecified atom stereocenters. The van der Waals surface area contributed by atoms with Gasteiger partial charge in [0.15, 0.2) is 0 Å². The number of aliphatic hydroxyl groups is 1. The van der Waals surface area contributed by atoms with E-state index in [-0.39, 0.29) is 5.82 Å². The number of likely N-dealkylation sites (N-methyl/N-ethyl adjacent to an activating group) is 1. The molecule has 0 amide bonds. The molecule has 1 saturated heterocycles. The van der Waals surface area contributed by atoms with E-state index >= 15 is 0 Å². The molecule has 1 atom stereocenters. The van der Waals surface area contributed by atoms with Gasteiger partial charge in [-0.15, -0.1) is 0 Å². The average Bonchev–Trinajstić information content (AvgIpc) is 2.63. The molecule has 1 fully saturated rings. The Bertz CT molecular complexity index is 669. The first-order chi connectivity index (χ1) is 12.0. The highest BCUT2D eigenvalue weighted by molar-refractivity contribution is 6.30. The molecule has 5 heteroatoms. The van der Waals surface area contributed by atoms with Gasteiger partial charge in [0.2, 0.25) is 0 Å². The molecule has 0 aromatic heterocycles. The Balaban J connectivity index is 1.51. The number of rotatable bonds is 5. The van der Waals surface area contributed by atoms with Crippen LogP contribution in [0.2, 0.25) is 5.02 Å². The third-order valence-corrected chi connectivity index (χ3v) is 5.25. The molecule has 2 aromatic carbocycles. The largest absolute Gasteiger partial charge is 0.387 e. The number of hydrogen-bond acceptors (Lipinski definition) is 3. The van der Waals surface area contributed by atoms with Crippen LogP contribution in [-0.2, 0) is 0 Å². The molecule has 25 heavy (non-hydrogen) atoms. The third kappa shape index (κ3) is 4.72. The molecule has 134 valence electrons. The first-order valence-corrected chi connectivity index (χ1v) is 9.05. The number of piperidine rings is 1. The lowest BCUT2D eigenvalue weighted by Crippen LogP contribution is -2.44. The molecular formula is C20H24ClFN2O. The van der Waals surface area contributed by atoms with Gasteiger partial charge in [0, 0.05) is 36.4 Å². The maximum Gasteiger partial charge on any atom is 0.123 e. The second-order valence-corrected chi connectivity index (χ2v) is 7.14. The van der Waals surface area contributed by atoms with Gasteiger partial charge >= 0.3 is 0 Å².